The summed E-state index contributed by atoms with van der Waals surface area (Å²) in [4.78, 5) is 30.0. The standard InChI is InChI=1S/C25H28Cl2N2O5/c1-5-28(6-2)11-12-29-21(15-7-9-17(33-3)10-8-15)20(23(31)25(29)32)22(30)18-13-16(26)14-19(27)24(18)34-4/h7-10,13-14,21,30H,5-6,11-12H2,1-4H3/b22-20+. The molecule has 1 saturated heterocycles. The van der Waals surface area contributed by atoms with Crippen LogP contribution in [0.2, 0.25) is 10.0 Å². The first-order valence-corrected chi connectivity index (χ1v) is 11.7. The third-order valence-corrected chi connectivity index (χ3v) is 6.49. The van der Waals surface area contributed by atoms with Gasteiger partial charge in [0.25, 0.3) is 11.7 Å². The Morgan fingerprint density at radius 1 is 1.06 bits per heavy atom. The van der Waals surface area contributed by atoms with Gasteiger partial charge in [-0.3, -0.25) is 9.59 Å². The molecule has 0 radical (unpaired) electrons. The molecule has 1 amide bonds. The molecule has 1 unspecified atom stereocenters. The van der Waals surface area contributed by atoms with Crippen LogP contribution in [0.25, 0.3) is 5.76 Å². The maximum absolute atomic E-state index is 13.2. The van der Waals surface area contributed by atoms with Crippen LogP contribution in [-0.2, 0) is 9.59 Å². The summed E-state index contributed by atoms with van der Waals surface area (Å²) in [5, 5.41) is 11.8. The molecular formula is C25H28Cl2N2O5. The van der Waals surface area contributed by atoms with Crippen LogP contribution in [0.1, 0.15) is 31.0 Å². The molecule has 1 aliphatic heterocycles. The number of ether oxygens (including phenoxy) is 2. The Hall–Kier alpha value is -2.74. The number of nitrogens with zero attached hydrogens (tertiary/aromatic N) is 2. The number of Topliss-reactive ketones (excluding diaryl/α,β-unsaturated/α-hetero) is 1. The monoisotopic (exact) mass is 506 g/mol. The lowest BCUT2D eigenvalue weighted by Crippen LogP contribution is -2.38. The molecule has 1 N–H and O–H groups in total. The van der Waals surface area contributed by atoms with Gasteiger partial charge in [-0.25, -0.2) is 0 Å². The largest absolute Gasteiger partial charge is 0.507 e. The van der Waals surface area contributed by atoms with E-state index in [0.717, 1.165) is 13.1 Å². The molecule has 1 fully saturated rings. The number of rotatable bonds is 9. The van der Waals surface area contributed by atoms with Gasteiger partial charge in [-0.1, -0.05) is 49.2 Å². The maximum atomic E-state index is 13.2. The molecule has 1 atom stereocenters. The van der Waals surface area contributed by atoms with Crippen LogP contribution in [0.4, 0.5) is 0 Å². The van der Waals surface area contributed by atoms with Gasteiger partial charge in [0, 0.05) is 18.1 Å². The van der Waals surface area contributed by atoms with Gasteiger partial charge >= 0.3 is 0 Å². The van der Waals surface area contributed by atoms with Crippen LogP contribution < -0.4 is 9.47 Å². The van der Waals surface area contributed by atoms with Crippen molar-refractivity contribution in [3.05, 3.63) is 63.1 Å². The highest BCUT2D eigenvalue weighted by atomic mass is 35.5. The number of aliphatic hydroxyl groups is 1. The number of amides is 1. The van der Waals surface area contributed by atoms with Gasteiger partial charge in [0.05, 0.1) is 36.4 Å². The van der Waals surface area contributed by atoms with Gasteiger partial charge in [0.15, 0.2) is 0 Å². The number of hydrogen-bond donors (Lipinski definition) is 1. The molecule has 0 spiro atoms. The van der Waals surface area contributed by atoms with E-state index in [1.165, 1.54) is 24.1 Å². The minimum absolute atomic E-state index is 0.0497. The zero-order valence-electron chi connectivity index (χ0n) is 19.6. The molecule has 1 aliphatic rings. The molecular weight excluding hydrogens is 479 g/mol. The van der Waals surface area contributed by atoms with Crippen molar-refractivity contribution >= 4 is 40.7 Å². The lowest BCUT2D eigenvalue weighted by atomic mass is 9.95. The topological polar surface area (TPSA) is 79.3 Å². The summed E-state index contributed by atoms with van der Waals surface area (Å²) in [6.07, 6.45) is 0. The van der Waals surface area contributed by atoms with Crippen molar-refractivity contribution in [3.8, 4) is 11.5 Å². The first kappa shape index (κ1) is 25.9. The number of hydrogen-bond acceptors (Lipinski definition) is 6. The highest BCUT2D eigenvalue weighted by Crippen LogP contribution is 2.43. The minimum Gasteiger partial charge on any atom is -0.507 e. The van der Waals surface area contributed by atoms with Crippen LogP contribution in [0.3, 0.4) is 0 Å². The van der Waals surface area contributed by atoms with E-state index in [1.807, 2.05) is 13.8 Å². The van der Waals surface area contributed by atoms with E-state index >= 15 is 0 Å². The summed E-state index contributed by atoms with van der Waals surface area (Å²) >= 11 is 12.4. The van der Waals surface area contributed by atoms with Crippen LogP contribution >= 0.6 is 23.2 Å². The number of likely N-dealkylation sites (N-methyl/N-ethyl adjacent to an activating group) is 1. The lowest BCUT2D eigenvalue weighted by molar-refractivity contribution is -0.140. The molecule has 0 aliphatic carbocycles. The van der Waals surface area contributed by atoms with Gasteiger partial charge in [-0.2, -0.15) is 0 Å². The number of benzene rings is 2. The van der Waals surface area contributed by atoms with Gasteiger partial charge in [0.1, 0.15) is 17.3 Å². The number of halogens is 2. The molecule has 7 nitrogen and oxygen atoms in total. The quantitative estimate of drug-likeness (QED) is 0.299. The second-order valence-electron chi connectivity index (χ2n) is 7.76. The molecule has 0 aromatic heterocycles. The second kappa shape index (κ2) is 11.1. The lowest BCUT2D eigenvalue weighted by Gasteiger charge is -2.28. The van der Waals surface area contributed by atoms with E-state index in [0.29, 0.717) is 24.4 Å². The smallest absolute Gasteiger partial charge is 0.295 e. The van der Waals surface area contributed by atoms with E-state index in [9.17, 15) is 14.7 Å². The van der Waals surface area contributed by atoms with E-state index in [2.05, 4.69) is 4.90 Å². The third kappa shape index (κ3) is 5.02. The predicted octanol–water partition coefficient (Wildman–Crippen LogP) is 4.77. The normalized spacial score (nSPS) is 17.5. The number of methoxy groups -OCH3 is 2. The molecule has 0 bridgehead atoms. The highest BCUT2D eigenvalue weighted by molar-refractivity contribution is 6.46. The van der Waals surface area contributed by atoms with Crippen molar-refractivity contribution in [1.29, 1.82) is 0 Å². The van der Waals surface area contributed by atoms with Crippen molar-refractivity contribution < 1.29 is 24.2 Å². The number of aliphatic hydroxyl groups excluding tert-OH is 1. The third-order valence-electron chi connectivity index (χ3n) is 5.99. The first-order valence-electron chi connectivity index (χ1n) is 10.9. The number of carbonyl (C=O) groups is 2. The zero-order valence-corrected chi connectivity index (χ0v) is 21.1. The van der Waals surface area contributed by atoms with Crippen LogP contribution in [-0.4, -0.2) is 67.0 Å². The fraction of sp³-hybridized carbons (Fsp3) is 0.360. The van der Waals surface area contributed by atoms with Crippen LogP contribution in [0, 0.1) is 0 Å². The average molecular weight is 507 g/mol. The highest BCUT2D eigenvalue weighted by Gasteiger charge is 2.46. The van der Waals surface area contributed by atoms with Crippen LogP contribution in [0.15, 0.2) is 42.0 Å². The molecule has 3 rings (SSSR count). The average Bonchev–Trinajstić information content (AvgIpc) is 3.08. The molecule has 182 valence electrons. The molecule has 2 aromatic carbocycles. The summed E-state index contributed by atoms with van der Waals surface area (Å²) < 4.78 is 10.6. The van der Waals surface area contributed by atoms with Gasteiger partial charge < -0.3 is 24.4 Å². The number of likely N-dealkylation sites (tertiary alicyclic amines) is 1. The summed E-state index contributed by atoms with van der Waals surface area (Å²) in [6.45, 7) is 6.59. The summed E-state index contributed by atoms with van der Waals surface area (Å²) in [5.41, 5.74) is 0.750. The Balaban J connectivity index is 2.19. The van der Waals surface area contributed by atoms with E-state index in [-0.39, 0.29) is 26.9 Å². The SMILES string of the molecule is CCN(CC)CCN1C(=O)C(=O)/C(=C(/O)c2cc(Cl)cc(Cl)c2OC)C1c1ccc(OC)cc1. The Bertz CT molecular complexity index is 1100. The van der Waals surface area contributed by atoms with Crippen molar-refractivity contribution in [1.82, 2.24) is 9.80 Å². The first-order chi connectivity index (χ1) is 16.3. The molecule has 1 heterocycles. The molecule has 2 aromatic rings. The minimum atomic E-state index is -0.802. The maximum Gasteiger partial charge on any atom is 0.295 e. The van der Waals surface area contributed by atoms with Crippen LogP contribution in [0.5, 0.6) is 11.5 Å². The Kier molecular flexibility index (Phi) is 8.47. The summed E-state index contributed by atoms with van der Waals surface area (Å²) in [5.74, 6) is -1.07. The number of carbonyl (C=O) groups excluding carboxylic acids is 2. The van der Waals surface area contributed by atoms with Crippen molar-refractivity contribution in [2.75, 3.05) is 40.4 Å². The van der Waals surface area contributed by atoms with Crippen molar-refractivity contribution in [3.63, 3.8) is 0 Å². The summed E-state index contributed by atoms with van der Waals surface area (Å²) in [6, 6.07) is 9.17. The fourth-order valence-corrected chi connectivity index (χ4v) is 4.69. The fourth-order valence-electron chi connectivity index (χ4n) is 4.12. The predicted molar refractivity (Wildman–Crippen MR) is 133 cm³/mol. The number of ketones is 1. The van der Waals surface area contributed by atoms with Gasteiger partial charge in [-0.15, -0.1) is 0 Å². The molecule has 34 heavy (non-hydrogen) atoms. The Labute approximate surface area is 209 Å². The molecule has 9 heteroatoms. The second-order valence-corrected chi connectivity index (χ2v) is 8.60. The van der Waals surface area contributed by atoms with Gasteiger partial charge in [-0.05, 0) is 42.9 Å². The van der Waals surface area contributed by atoms with Crippen molar-refractivity contribution in [2.24, 2.45) is 0 Å². The van der Waals surface area contributed by atoms with E-state index < -0.39 is 23.5 Å². The van der Waals surface area contributed by atoms with Gasteiger partial charge in [0.2, 0.25) is 0 Å². The van der Waals surface area contributed by atoms with E-state index in [1.54, 1.807) is 31.4 Å². The molecule has 0 saturated carbocycles. The van der Waals surface area contributed by atoms with E-state index in [4.69, 9.17) is 32.7 Å². The summed E-state index contributed by atoms with van der Waals surface area (Å²) in [7, 11) is 2.95. The zero-order chi connectivity index (χ0) is 25.0. The van der Waals surface area contributed by atoms with Crippen molar-refractivity contribution in [2.45, 2.75) is 19.9 Å². The Morgan fingerprint density at radius 3 is 2.26 bits per heavy atom. The Morgan fingerprint density at radius 2 is 1.71 bits per heavy atom.